The van der Waals surface area contributed by atoms with Gasteiger partial charge in [0.25, 0.3) is 20.0 Å². The van der Waals surface area contributed by atoms with E-state index in [0.29, 0.717) is 0 Å². The minimum atomic E-state index is -5.31. The summed E-state index contributed by atoms with van der Waals surface area (Å²) in [6.45, 7) is 6.00. The number of carbonyl (C=O) groups is 2. The molecule has 0 amide bonds. The quantitative estimate of drug-likeness (QED) is 0.0660. The summed E-state index contributed by atoms with van der Waals surface area (Å²) in [5.41, 5.74) is -3.02. The van der Waals surface area contributed by atoms with Crippen LogP contribution in [0.25, 0.3) is 0 Å². The molecule has 0 aliphatic carbocycles. The summed E-state index contributed by atoms with van der Waals surface area (Å²) in [5, 5.41) is 0.896. The normalized spacial score (nSPS) is 10.9. The van der Waals surface area contributed by atoms with Gasteiger partial charge in [0, 0.05) is 5.33 Å². The van der Waals surface area contributed by atoms with Gasteiger partial charge in [-0.2, -0.15) is 37.5 Å². The third kappa shape index (κ3) is 12.8. The van der Waals surface area contributed by atoms with Crippen LogP contribution in [0.2, 0.25) is 0 Å². The molecule has 0 radical (unpaired) electrons. The number of alkyl halides is 5. The second-order valence-corrected chi connectivity index (χ2v) is 14.3. The molecule has 0 spiro atoms. The predicted molar refractivity (Wildman–Crippen MR) is 201 cm³/mol. The average Bonchev–Trinajstić information content (AvgIpc) is 3.22. The summed E-state index contributed by atoms with van der Waals surface area (Å²) in [6, 6.07) is 4.63. The summed E-state index contributed by atoms with van der Waals surface area (Å²) in [5.74, 6) is -13.5. The van der Waals surface area contributed by atoms with Crippen LogP contribution >= 0.6 is 15.9 Å². The minimum absolute atomic E-state index is 0.0584. The Morgan fingerprint density at radius 3 is 1.49 bits per heavy atom. The molecule has 18 nitrogen and oxygen atoms in total. The van der Waals surface area contributed by atoms with Gasteiger partial charge < -0.3 is 18.9 Å². The number of sulfonamides is 2. The summed E-state index contributed by atoms with van der Waals surface area (Å²) in [4.78, 5) is 47.6. The molecule has 0 atom stereocenters. The lowest BCUT2D eigenvalue weighted by molar-refractivity contribution is 0.101. The largest absolute Gasteiger partial charge is 0.467 e. The average molecular weight is 946 g/mol. The molecule has 320 valence electrons. The predicted octanol–water partition coefficient (Wildman–Crippen LogP) is 4.59. The van der Waals surface area contributed by atoms with Gasteiger partial charge in [-0.1, -0.05) is 40.2 Å². The number of ether oxygens (including phenoxy) is 4. The van der Waals surface area contributed by atoms with Crippen molar-refractivity contribution in [3.8, 4) is 24.0 Å². The SMILES string of the molecule is C=CCBr.C=CCN(c1c(F)cccc1C(=O)c1nc(OC)nc(OC)n1)S(=O)(=O)C(F)F.COc1nc(OC)nc(C(=O)c2cccc(F)c2NS(=O)(=O)C(F)F)n1. The summed E-state index contributed by atoms with van der Waals surface area (Å²) in [7, 11) is -5.71. The molecule has 0 saturated carbocycles. The van der Waals surface area contributed by atoms with Crippen molar-refractivity contribution in [2.45, 2.75) is 11.5 Å². The lowest BCUT2D eigenvalue weighted by Gasteiger charge is -2.24. The molecule has 2 aromatic heterocycles. The Kier molecular flexibility index (Phi) is 18.6. The second kappa shape index (κ2) is 22.3. The second-order valence-electron chi connectivity index (χ2n) is 10.2. The molecule has 0 aliphatic rings. The monoisotopic (exact) mass is 944 g/mol. The van der Waals surface area contributed by atoms with Gasteiger partial charge in [-0.3, -0.25) is 18.6 Å². The molecule has 27 heteroatoms. The minimum Gasteiger partial charge on any atom is -0.467 e. The van der Waals surface area contributed by atoms with Crippen molar-refractivity contribution in [2.24, 2.45) is 0 Å². The third-order valence-electron chi connectivity index (χ3n) is 6.48. The number of hydrogen-bond donors (Lipinski definition) is 1. The van der Waals surface area contributed by atoms with Crippen LogP contribution in [0.3, 0.4) is 0 Å². The van der Waals surface area contributed by atoms with E-state index in [9.17, 15) is 52.8 Å². The number of allylic oxidation sites excluding steroid dienone is 1. The Morgan fingerprint density at radius 1 is 0.712 bits per heavy atom. The molecule has 0 saturated heterocycles. The topological polar surface area (TPSA) is 232 Å². The fourth-order valence-corrected chi connectivity index (χ4v) is 5.50. The van der Waals surface area contributed by atoms with Crippen LogP contribution in [0, 0.1) is 11.6 Å². The van der Waals surface area contributed by atoms with Gasteiger partial charge >= 0.3 is 35.6 Å². The van der Waals surface area contributed by atoms with Gasteiger partial charge in [0.2, 0.25) is 23.2 Å². The number of benzene rings is 2. The van der Waals surface area contributed by atoms with Crippen LogP contribution in [-0.4, -0.2) is 110 Å². The number of para-hydroxylation sites is 2. The Balaban J connectivity index is 0.000000375. The summed E-state index contributed by atoms with van der Waals surface area (Å²) < 4.78 is 147. The smallest absolute Gasteiger partial charge is 0.355 e. The van der Waals surface area contributed by atoms with E-state index in [4.69, 9.17) is 18.9 Å². The van der Waals surface area contributed by atoms with Gasteiger partial charge in [-0.05, 0) is 24.3 Å². The van der Waals surface area contributed by atoms with E-state index in [1.807, 2.05) is 0 Å². The zero-order chi connectivity index (χ0) is 44.7. The van der Waals surface area contributed by atoms with E-state index in [2.05, 4.69) is 59.0 Å². The molecule has 0 unspecified atom stereocenters. The number of hydrogen-bond acceptors (Lipinski definition) is 16. The molecular weight excluding hydrogens is 914 g/mol. The fourth-order valence-electron chi connectivity index (χ4n) is 3.98. The number of rotatable bonds is 17. The number of aromatic nitrogens is 6. The van der Waals surface area contributed by atoms with Crippen LogP contribution in [0.1, 0.15) is 32.4 Å². The van der Waals surface area contributed by atoms with Gasteiger partial charge in [-0.15, -0.1) is 23.1 Å². The van der Waals surface area contributed by atoms with Gasteiger partial charge in [0.1, 0.15) is 11.6 Å². The van der Waals surface area contributed by atoms with Gasteiger partial charge in [0.15, 0.2) is 0 Å². The molecular formula is C32H31BrF6N8O10S2. The number of methoxy groups -OCH3 is 4. The van der Waals surface area contributed by atoms with E-state index >= 15 is 0 Å². The number of nitrogens with zero attached hydrogens (tertiary/aromatic N) is 7. The molecule has 0 bridgehead atoms. The highest BCUT2D eigenvalue weighted by molar-refractivity contribution is 9.09. The summed E-state index contributed by atoms with van der Waals surface area (Å²) >= 11 is 3.13. The van der Waals surface area contributed by atoms with Crippen molar-refractivity contribution in [1.82, 2.24) is 29.9 Å². The Hall–Kier alpha value is -5.96. The highest BCUT2D eigenvalue weighted by Gasteiger charge is 2.36. The zero-order valence-electron chi connectivity index (χ0n) is 30.8. The number of ketones is 2. The fraction of sp³-hybridized carbons (Fsp3) is 0.250. The summed E-state index contributed by atoms with van der Waals surface area (Å²) in [6.07, 6.45) is 2.76. The standard InChI is InChI=1S/C16H15F3N4O5S.C13H11F3N4O5S.C3H5Br/c1-4-8-23(29(25,26)14(18)19)11-9(6-5-7-10(11)17)12(24)13-20-15(27-2)22-16(21-13)28-3;1-24-12-17-10(18-13(19-12)25-2)9(21)6-4-3-5-7(14)8(6)20-26(22,23)11(15)16;1-2-3-4/h4-7,14H,1,8H2,2-3H3;3-5,11,20H,1-2H3;2H,1,3H2. The maximum absolute atomic E-state index is 14.5. The first-order chi connectivity index (χ1) is 27.8. The van der Waals surface area contributed by atoms with Crippen molar-refractivity contribution in [2.75, 3.05) is 49.3 Å². The zero-order valence-corrected chi connectivity index (χ0v) is 34.0. The lowest BCUT2D eigenvalue weighted by Crippen LogP contribution is -2.37. The molecule has 4 aromatic rings. The highest BCUT2D eigenvalue weighted by Crippen LogP contribution is 2.31. The first kappa shape index (κ1) is 49.2. The first-order valence-electron chi connectivity index (χ1n) is 15.5. The van der Waals surface area contributed by atoms with Gasteiger partial charge in [0.05, 0.1) is 57.5 Å². The number of nitrogens with one attached hydrogen (secondary N) is 1. The van der Waals surface area contributed by atoms with Crippen molar-refractivity contribution >= 4 is 58.9 Å². The maximum atomic E-state index is 14.5. The number of anilines is 2. The molecule has 2 heterocycles. The van der Waals surface area contributed by atoms with Crippen LogP contribution < -0.4 is 28.0 Å². The van der Waals surface area contributed by atoms with Crippen molar-refractivity contribution in [3.63, 3.8) is 0 Å². The molecule has 1 N–H and O–H groups in total. The molecule has 4 rings (SSSR count). The molecule has 59 heavy (non-hydrogen) atoms. The van der Waals surface area contributed by atoms with E-state index in [1.165, 1.54) is 33.2 Å². The van der Waals surface area contributed by atoms with E-state index in [1.54, 1.807) is 6.08 Å². The molecule has 2 aromatic carbocycles. The van der Waals surface area contributed by atoms with E-state index < -0.39 is 95.5 Å². The Bertz CT molecular complexity index is 2320. The van der Waals surface area contributed by atoms with Crippen LogP contribution in [0.5, 0.6) is 24.0 Å². The molecule has 0 aliphatic heterocycles. The van der Waals surface area contributed by atoms with Crippen LogP contribution in [-0.2, 0) is 20.0 Å². The van der Waals surface area contributed by atoms with Gasteiger partial charge in [-0.25, -0.2) is 25.6 Å². The maximum Gasteiger partial charge on any atom is 0.355 e. The van der Waals surface area contributed by atoms with E-state index in [-0.39, 0.29) is 28.3 Å². The number of carbonyl (C=O) groups excluding carboxylic acids is 2. The Morgan fingerprint density at radius 2 is 1.12 bits per heavy atom. The van der Waals surface area contributed by atoms with Crippen molar-refractivity contribution < 1.29 is 71.7 Å². The molecule has 0 fully saturated rings. The van der Waals surface area contributed by atoms with Crippen molar-refractivity contribution in [3.05, 3.63) is 96.1 Å². The first-order valence-corrected chi connectivity index (χ1v) is 19.7. The highest BCUT2D eigenvalue weighted by atomic mass is 79.9. The van der Waals surface area contributed by atoms with E-state index in [0.717, 1.165) is 47.8 Å². The lowest BCUT2D eigenvalue weighted by atomic mass is 10.1. The third-order valence-corrected chi connectivity index (χ3v) is 9.29. The van der Waals surface area contributed by atoms with Crippen molar-refractivity contribution in [1.29, 1.82) is 0 Å². The Labute approximate surface area is 340 Å². The van der Waals surface area contributed by atoms with Crippen LogP contribution in [0.4, 0.5) is 37.7 Å². The van der Waals surface area contributed by atoms with Crippen LogP contribution in [0.15, 0.2) is 61.7 Å². The number of halogens is 7.